The summed E-state index contributed by atoms with van der Waals surface area (Å²) in [5, 5.41) is 0. The number of nitrogens with zero attached hydrogens (tertiary/aromatic N) is 4. The molecule has 0 saturated carbocycles. The molecule has 0 aliphatic rings. The van der Waals surface area contributed by atoms with Gasteiger partial charge in [0.25, 0.3) is 0 Å². The number of aryl methyl sites for hydroxylation is 1. The molecule has 156 valence electrons. The van der Waals surface area contributed by atoms with Crippen LogP contribution < -0.4 is 0 Å². The van der Waals surface area contributed by atoms with E-state index in [0.29, 0.717) is 30.0 Å². The van der Waals surface area contributed by atoms with Crippen LogP contribution in [0.4, 0.5) is 0 Å². The van der Waals surface area contributed by atoms with Crippen molar-refractivity contribution in [2.24, 2.45) is 0 Å². The summed E-state index contributed by atoms with van der Waals surface area (Å²) in [5.74, 6) is 4.15. The van der Waals surface area contributed by atoms with Crippen molar-refractivity contribution in [1.29, 1.82) is 0 Å². The van der Waals surface area contributed by atoms with Crippen molar-refractivity contribution in [2.75, 3.05) is 5.75 Å². The van der Waals surface area contributed by atoms with Gasteiger partial charge in [0.15, 0.2) is 9.84 Å². The number of aromatic nitrogens is 4. The van der Waals surface area contributed by atoms with Gasteiger partial charge < -0.3 is 4.57 Å². The van der Waals surface area contributed by atoms with Crippen LogP contribution >= 0.6 is 0 Å². The lowest BCUT2D eigenvalue weighted by molar-refractivity contribution is 0.587. The molecule has 0 saturated heterocycles. The highest BCUT2D eigenvalue weighted by Crippen LogP contribution is 2.23. The van der Waals surface area contributed by atoms with Crippen molar-refractivity contribution in [2.45, 2.75) is 51.0 Å². The first-order chi connectivity index (χ1) is 14.3. The minimum Gasteiger partial charge on any atom is -0.324 e. The van der Waals surface area contributed by atoms with Crippen LogP contribution in [-0.2, 0) is 16.3 Å². The molecule has 3 rings (SSSR count). The Morgan fingerprint density at radius 1 is 1.13 bits per heavy atom. The minimum atomic E-state index is -3.31. The molecule has 0 spiro atoms. The zero-order chi connectivity index (χ0) is 21.7. The van der Waals surface area contributed by atoms with Crippen LogP contribution in [0.2, 0.25) is 0 Å². The Kier molecular flexibility index (Phi) is 6.68. The standard InChI is InChI=1S/C23H26N4O2S/c1-5-6-7-14-30(28,29)20-10-8-19(9-11-20)15-23-24-13-12-21(26-23)22-16-25-18(4)27(22)17(2)3/h1,8-13,16-17H,6-7,14-15H2,2-4H3. The van der Waals surface area contributed by atoms with E-state index in [-0.39, 0.29) is 11.8 Å². The Balaban J connectivity index is 1.78. The molecule has 0 aliphatic heterocycles. The van der Waals surface area contributed by atoms with Gasteiger partial charge >= 0.3 is 0 Å². The quantitative estimate of drug-likeness (QED) is 0.405. The number of benzene rings is 1. The first-order valence-corrected chi connectivity index (χ1v) is 11.6. The Morgan fingerprint density at radius 3 is 2.53 bits per heavy atom. The molecule has 30 heavy (non-hydrogen) atoms. The maximum Gasteiger partial charge on any atom is 0.178 e. The van der Waals surface area contributed by atoms with Crippen molar-refractivity contribution in [3.63, 3.8) is 0 Å². The summed E-state index contributed by atoms with van der Waals surface area (Å²) in [5.41, 5.74) is 2.73. The average Bonchev–Trinajstić information content (AvgIpc) is 3.10. The lowest BCUT2D eigenvalue weighted by Crippen LogP contribution is -2.07. The summed E-state index contributed by atoms with van der Waals surface area (Å²) in [6, 6.07) is 9.06. The Bertz CT molecular complexity index is 1160. The number of unbranched alkanes of at least 4 members (excludes halogenated alkanes) is 1. The number of imidazole rings is 1. The molecule has 7 heteroatoms. The molecular weight excluding hydrogens is 396 g/mol. The van der Waals surface area contributed by atoms with Gasteiger partial charge in [-0.3, -0.25) is 0 Å². The molecule has 0 amide bonds. The second-order valence-corrected chi connectivity index (χ2v) is 9.57. The third-order valence-electron chi connectivity index (χ3n) is 4.85. The second kappa shape index (κ2) is 9.23. The lowest BCUT2D eigenvalue weighted by atomic mass is 10.1. The van der Waals surface area contributed by atoms with Crippen molar-refractivity contribution in [3.05, 3.63) is 59.9 Å². The summed E-state index contributed by atoms with van der Waals surface area (Å²) in [6.07, 6.45) is 10.2. The van der Waals surface area contributed by atoms with Gasteiger partial charge in [0.1, 0.15) is 11.6 Å². The molecular formula is C23H26N4O2S. The van der Waals surface area contributed by atoms with E-state index in [4.69, 9.17) is 11.4 Å². The lowest BCUT2D eigenvalue weighted by Gasteiger charge is -2.14. The summed E-state index contributed by atoms with van der Waals surface area (Å²) in [4.78, 5) is 13.8. The van der Waals surface area contributed by atoms with Crippen molar-refractivity contribution in [3.8, 4) is 23.7 Å². The van der Waals surface area contributed by atoms with Gasteiger partial charge in [-0.2, -0.15) is 0 Å². The first-order valence-electron chi connectivity index (χ1n) is 9.93. The molecule has 2 heterocycles. The van der Waals surface area contributed by atoms with Crippen LogP contribution in [0.15, 0.2) is 47.6 Å². The number of hydrogen-bond donors (Lipinski definition) is 0. The smallest absolute Gasteiger partial charge is 0.178 e. The third kappa shape index (κ3) is 4.95. The van der Waals surface area contributed by atoms with Gasteiger partial charge in [0.2, 0.25) is 0 Å². The van der Waals surface area contributed by atoms with E-state index in [1.54, 1.807) is 18.3 Å². The normalized spacial score (nSPS) is 11.6. The van der Waals surface area contributed by atoms with Crippen LogP contribution in [0, 0.1) is 19.3 Å². The fraction of sp³-hybridized carbons (Fsp3) is 0.348. The second-order valence-electron chi connectivity index (χ2n) is 7.46. The molecule has 0 radical (unpaired) electrons. The van der Waals surface area contributed by atoms with E-state index in [1.165, 1.54) is 0 Å². The van der Waals surface area contributed by atoms with Crippen LogP contribution in [0.3, 0.4) is 0 Å². The topological polar surface area (TPSA) is 77.7 Å². The SMILES string of the molecule is C#CCCCS(=O)(=O)c1ccc(Cc2nccc(-c3cnc(C)n3C(C)C)n2)cc1. The molecule has 0 aliphatic carbocycles. The van der Waals surface area contributed by atoms with Gasteiger partial charge in [-0.15, -0.1) is 12.3 Å². The Morgan fingerprint density at radius 2 is 1.87 bits per heavy atom. The monoisotopic (exact) mass is 422 g/mol. The van der Waals surface area contributed by atoms with Gasteiger partial charge in [0, 0.05) is 25.1 Å². The molecule has 2 aromatic heterocycles. The minimum absolute atomic E-state index is 0.0602. The van der Waals surface area contributed by atoms with Crippen LogP contribution in [0.1, 0.15) is 49.9 Å². The highest BCUT2D eigenvalue weighted by atomic mass is 32.2. The maximum absolute atomic E-state index is 12.4. The summed E-state index contributed by atoms with van der Waals surface area (Å²) in [7, 11) is -3.31. The number of sulfone groups is 1. The van der Waals surface area contributed by atoms with Gasteiger partial charge in [-0.25, -0.2) is 23.4 Å². The predicted octanol–water partition coefficient (Wildman–Crippen LogP) is 4.01. The highest BCUT2D eigenvalue weighted by Gasteiger charge is 2.15. The van der Waals surface area contributed by atoms with Crippen LogP contribution in [0.25, 0.3) is 11.4 Å². The van der Waals surface area contributed by atoms with E-state index < -0.39 is 9.84 Å². The summed E-state index contributed by atoms with van der Waals surface area (Å²) >= 11 is 0. The number of terminal acetylenes is 1. The van der Waals surface area contributed by atoms with Crippen LogP contribution in [0.5, 0.6) is 0 Å². The van der Waals surface area contributed by atoms with E-state index in [2.05, 4.69) is 34.3 Å². The number of rotatable bonds is 8. The number of hydrogen-bond acceptors (Lipinski definition) is 5. The Labute approximate surface area is 178 Å². The predicted molar refractivity (Wildman–Crippen MR) is 118 cm³/mol. The van der Waals surface area contributed by atoms with E-state index in [0.717, 1.165) is 22.8 Å². The third-order valence-corrected chi connectivity index (χ3v) is 6.66. The van der Waals surface area contributed by atoms with E-state index in [9.17, 15) is 8.42 Å². The zero-order valence-electron chi connectivity index (χ0n) is 17.5. The molecule has 6 nitrogen and oxygen atoms in total. The molecule has 0 unspecified atom stereocenters. The average molecular weight is 423 g/mol. The molecule has 0 fully saturated rings. The van der Waals surface area contributed by atoms with E-state index in [1.807, 2.05) is 31.3 Å². The molecule has 0 atom stereocenters. The molecule has 3 aromatic rings. The molecule has 0 N–H and O–H groups in total. The molecule has 0 bridgehead atoms. The van der Waals surface area contributed by atoms with Gasteiger partial charge in [0.05, 0.1) is 28.2 Å². The van der Waals surface area contributed by atoms with E-state index >= 15 is 0 Å². The maximum atomic E-state index is 12.4. The summed E-state index contributed by atoms with van der Waals surface area (Å²) < 4.78 is 26.9. The largest absolute Gasteiger partial charge is 0.324 e. The van der Waals surface area contributed by atoms with Gasteiger partial charge in [-0.05, 0) is 51.0 Å². The highest BCUT2D eigenvalue weighted by molar-refractivity contribution is 7.91. The van der Waals surface area contributed by atoms with Crippen molar-refractivity contribution >= 4 is 9.84 Å². The van der Waals surface area contributed by atoms with Crippen molar-refractivity contribution < 1.29 is 8.42 Å². The molecule has 1 aromatic carbocycles. The van der Waals surface area contributed by atoms with Gasteiger partial charge in [-0.1, -0.05) is 12.1 Å². The first kappa shape index (κ1) is 21.7. The van der Waals surface area contributed by atoms with Crippen molar-refractivity contribution in [1.82, 2.24) is 19.5 Å². The Hall–Kier alpha value is -2.98. The zero-order valence-corrected chi connectivity index (χ0v) is 18.4. The fourth-order valence-corrected chi connectivity index (χ4v) is 4.71. The summed E-state index contributed by atoms with van der Waals surface area (Å²) in [6.45, 7) is 6.21. The van der Waals surface area contributed by atoms with Crippen LogP contribution in [-0.4, -0.2) is 33.7 Å². The fourth-order valence-electron chi connectivity index (χ4n) is 3.40.